The largest absolute Gasteiger partial charge is 0.486 e. The van der Waals surface area contributed by atoms with Gasteiger partial charge in [0.2, 0.25) is 5.91 Å². The van der Waals surface area contributed by atoms with E-state index >= 15 is 0 Å². The van der Waals surface area contributed by atoms with Crippen LogP contribution in [0, 0.1) is 5.92 Å². The minimum absolute atomic E-state index is 0.0656. The number of amides is 2. The van der Waals surface area contributed by atoms with Crippen molar-refractivity contribution in [1.29, 1.82) is 0 Å². The zero-order valence-corrected chi connectivity index (χ0v) is 21.6. The number of carbonyl (C=O) groups is 2. The van der Waals surface area contributed by atoms with Crippen molar-refractivity contribution in [2.24, 2.45) is 11.7 Å². The molecule has 2 amide bonds. The zero-order chi connectivity index (χ0) is 26.0. The second-order valence-electron chi connectivity index (χ2n) is 12.6. The first-order valence-electron chi connectivity index (χ1n) is 13.9. The van der Waals surface area contributed by atoms with Gasteiger partial charge in [0.15, 0.2) is 0 Å². The number of hydrogen-bond donors (Lipinski definition) is 3. The Hall–Kier alpha value is -3.16. The van der Waals surface area contributed by atoms with Crippen molar-refractivity contribution in [2.75, 3.05) is 6.54 Å². The monoisotopic (exact) mass is 511 g/mol. The molecule has 6 aliphatic rings. The summed E-state index contributed by atoms with van der Waals surface area (Å²) >= 11 is 0. The molecule has 8 rings (SSSR count). The van der Waals surface area contributed by atoms with Gasteiger partial charge in [0, 0.05) is 23.2 Å². The van der Waals surface area contributed by atoms with Crippen LogP contribution in [-0.4, -0.2) is 57.7 Å². The molecule has 3 unspecified atom stereocenters. The molecule has 0 radical (unpaired) electrons. The number of carbonyl (C=O) groups excluding carboxylic acids is 2. The highest BCUT2D eigenvalue weighted by atomic mass is 16.5. The van der Waals surface area contributed by atoms with E-state index < -0.39 is 23.0 Å². The van der Waals surface area contributed by atoms with Crippen LogP contribution in [0.4, 0.5) is 0 Å². The molecule has 7 nitrogen and oxygen atoms in total. The van der Waals surface area contributed by atoms with Crippen molar-refractivity contribution in [3.8, 4) is 5.75 Å². The zero-order valence-electron chi connectivity index (χ0n) is 21.6. The number of likely N-dealkylation sites (tertiary alicyclic amines) is 1. The standard InChI is InChI=1S/C31H33N3O4/c1-17(13-18-5-3-2-4-6-18)27(36)33-22-11-12-31(37)28-29(34(28)15-19-7-8-19)14-20-9-10-21(26(32)35)24-23(20)30(31,16-29)25(22)38-24/h2-6,9-10,13,19,22,25,28,37H,7-8,11-12,14-16H2,1H3,(H2,32,35)(H,33,36)/b17-13+/t22-,25+,28?,29?,30+,31-,34?/m1/s1. The molecule has 3 saturated carbocycles. The number of rotatable bonds is 6. The van der Waals surface area contributed by atoms with E-state index in [1.54, 1.807) is 6.07 Å². The average molecular weight is 512 g/mol. The summed E-state index contributed by atoms with van der Waals surface area (Å²) in [6, 6.07) is 13.4. The highest BCUT2D eigenvalue weighted by Gasteiger charge is 2.88. The van der Waals surface area contributed by atoms with Gasteiger partial charge >= 0.3 is 0 Å². The number of piperidine rings is 1. The normalized spacial score (nSPS) is 39.2. The predicted octanol–water partition coefficient (Wildman–Crippen LogP) is 2.69. The molecule has 2 spiro atoms. The van der Waals surface area contributed by atoms with Crippen molar-refractivity contribution in [1.82, 2.24) is 10.2 Å². The third-order valence-corrected chi connectivity index (χ3v) is 10.5. The van der Waals surface area contributed by atoms with Crippen LogP contribution in [0.2, 0.25) is 0 Å². The lowest BCUT2D eigenvalue weighted by Gasteiger charge is -2.53. The van der Waals surface area contributed by atoms with Gasteiger partial charge in [-0.3, -0.25) is 14.5 Å². The summed E-state index contributed by atoms with van der Waals surface area (Å²) in [4.78, 5) is 28.4. The van der Waals surface area contributed by atoms with E-state index in [0.29, 0.717) is 29.7 Å². The van der Waals surface area contributed by atoms with Crippen molar-refractivity contribution < 1.29 is 19.4 Å². The minimum Gasteiger partial charge on any atom is -0.486 e. The summed E-state index contributed by atoms with van der Waals surface area (Å²) in [5.41, 5.74) is 8.19. The molecule has 7 heteroatoms. The number of hydrogen-bond acceptors (Lipinski definition) is 5. The maximum Gasteiger partial charge on any atom is 0.252 e. The van der Waals surface area contributed by atoms with Crippen LogP contribution in [0.5, 0.6) is 5.75 Å². The molecular formula is C31H33N3O4. The molecule has 2 heterocycles. The average Bonchev–Trinajstić information content (AvgIpc) is 3.77. The fourth-order valence-corrected chi connectivity index (χ4v) is 8.88. The Morgan fingerprint density at radius 3 is 2.71 bits per heavy atom. The molecule has 4 aliphatic carbocycles. The lowest BCUT2D eigenvalue weighted by Crippen LogP contribution is -2.68. The van der Waals surface area contributed by atoms with Gasteiger partial charge in [-0.25, -0.2) is 0 Å². The first-order valence-corrected chi connectivity index (χ1v) is 13.9. The summed E-state index contributed by atoms with van der Waals surface area (Å²) in [5.74, 6) is 0.609. The smallest absolute Gasteiger partial charge is 0.252 e. The van der Waals surface area contributed by atoms with Crippen LogP contribution in [0.25, 0.3) is 6.08 Å². The molecule has 38 heavy (non-hydrogen) atoms. The number of benzene rings is 2. The van der Waals surface area contributed by atoms with Gasteiger partial charge in [-0.1, -0.05) is 36.4 Å². The molecule has 2 aromatic carbocycles. The summed E-state index contributed by atoms with van der Waals surface area (Å²) < 4.78 is 6.67. The Balaban J connectivity index is 1.19. The summed E-state index contributed by atoms with van der Waals surface area (Å²) in [7, 11) is 0. The molecule has 2 aliphatic heterocycles. The molecular weight excluding hydrogens is 478 g/mol. The third-order valence-electron chi connectivity index (χ3n) is 10.5. The van der Waals surface area contributed by atoms with Gasteiger partial charge in [0.05, 0.1) is 28.7 Å². The van der Waals surface area contributed by atoms with Crippen LogP contribution >= 0.6 is 0 Å². The molecule has 0 aromatic heterocycles. The van der Waals surface area contributed by atoms with Crippen LogP contribution in [0.1, 0.15) is 66.1 Å². The van der Waals surface area contributed by atoms with Crippen LogP contribution < -0.4 is 15.8 Å². The van der Waals surface area contributed by atoms with Gasteiger partial charge in [0.1, 0.15) is 11.9 Å². The fraction of sp³-hybridized carbons (Fsp3) is 0.484. The Labute approximate surface area is 222 Å². The number of primary amides is 1. The van der Waals surface area contributed by atoms with Crippen molar-refractivity contribution in [3.05, 3.63) is 70.3 Å². The Morgan fingerprint density at radius 1 is 1.18 bits per heavy atom. The quantitative estimate of drug-likeness (QED) is 0.409. The van der Waals surface area contributed by atoms with E-state index in [9.17, 15) is 14.7 Å². The molecule has 4 N–H and O–H groups in total. The number of aliphatic hydroxyl groups is 1. The Morgan fingerprint density at radius 2 is 1.97 bits per heavy atom. The number of nitrogens with one attached hydrogen (secondary N) is 1. The molecule has 4 fully saturated rings. The SMILES string of the molecule is C/C(=C\c1ccccc1)C(=O)N[C@@H]1CC[C@@]2(O)C3N(CC4CC4)C34Cc3ccc(C(N)=O)c5c3[C@@]2(C4)[C@H]1O5. The highest BCUT2D eigenvalue weighted by Crippen LogP contribution is 2.76. The Kier molecular flexibility index (Phi) is 4.36. The van der Waals surface area contributed by atoms with Crippen molar-refractivity contribution >= 4 is 17.9 Å². The van der Waals surface area contributed by atoms with E-state index in [0.717, 1.165) is 42.0 Å². The van der Waals surface area contributed by atoms with Crippen molar-refractivity contribution in [2.45, 2.75) is 80.2 Å². The fourth-order valence-electron chi connectivity index (χ4n) is 8.88. The summed E-state index contributed by atoms with van der Waals surface area (Å²) in [6.45, 7) is 2.88. The second kappa shape index (κ2) is 7.27. The van der Waals surface area contributed by atoms with E-state index in [1.165, 1.54) is 12.8 Å². The predicted molar refractivity (Wildman–Crippen MR) is 142 cm³/mol. The topological polar surface area (TPSA) is 105 Å². The lowest BCUT2D eigenvalue weighted by atomic mass is 9.56. The number of fused-ring (bicyclic) bond motifs is 1. The number of ether oxygens (including phenoxy) is 1. The lowest BCUT2D eigenvalue weighted by molar-refractivity contribution is -0.130. The van der Waals surface area contributed by atoms with Crippen molar-refractivity contribution in [3.63, 3.8) is 0 Å². The van der Waals surface area contributed by atoms with Gasteiger partial charge in [-0.2, -0.15) is 0 Å². The van der Waals surface area contributed by atoms with Gasteiger partial charge in [-0.15, -0.1) is 0 Å². The van der Waals surface area contributed by atoms with Gasteiger partial charge in [0.25, 0.3) is 5.91 Å². The third kappa shape index (κ3) is 2.71. The first kappa shape index (κ1) is 22.8. The van der Waals surface area contributed by atoms with Gasteiger partial charge < -0.3 is 20.9 Å². The van der Waals surface area contributed by atoms with Gasteiger partial charge in [-0.05, 0) is 74.6 Å². The van der Waals surface area contributed by atoms with Crippen LogP contribution in [0.15, 0.2) is 48.0 Å². The van der Waals surface area contributed by atoms with E-state index in [-0.39, 0.29) is 23.5 Å². The molecule has 2 bridgehead atoms. The molecule has 7 atom stereocenters. The first-order chi connectivity index (χ1) is 18.3. The number of nitrogens with two attached hydrogens (primary N) is 1. The van der Waals surface area contributed by atoms with E-state index in [1.807, 2.05) is 49.4 Å². The Bertz CT molecular complexity index is 1430. The highest BCUT2D eigenvalue weighted by molar-refractivity contribution is 5.98. The maximum atomic E-state index is 13.4. The summed E-state index contributed by atoms with van der Waals surface area (Å²) in [6.07, 6.45) is 6.86. The molecule has 196 valence electrons. The second-order valence-corrected chi connectivity index (χ2v) is 12.6. The molecule has 1 saturated heterocycles. The number of nitrogens with zero attached hydrogens (tertiary/aromatic N) is 1. The summed E-state index contributed by atoms with van der Waals surface area (Å²) in [5, 5.41) is 15.9. The van der Waals surface area contributed by atoms with E-state index in [2.05, 4.69) is 10.2 Å². The molecule has 2 aromatic rings. The van der Waals surface area contributed by atoms with Crippen LogP contribution in [0.3, 0.4) is 0 Å². The maximum absolute atomic E-state index is 13.4. The minimum atomic E-state index is -0.963. The van der Waals surface area contributed by atoms with E-state index in [4.69, 9.17) is 10.5 Å². The van der Waals surface area contributed by atoms with Crippen LogP contribution in [-0.2, 0) is 16.6 Å².